The van der Waals surface area contributed by atoms with Crippen molar-refractivity contribution in [1.29, 1.82) is 0 Å². The van der Waals surface area contributed by atoms with E-state index in [1.807, 2.05) is 38.2 Å². The molecule has 0 unspecified atom stereocenters. The van der Waals surface area contributed by atoms with E-state index in [-0.39, 0.29) is 0 Å². The quantitative estimate of drug-likeness (QED) is 0.738. The Balaban J connectivity index is 0.000000637. The molecule has 0 aliphatic carbocycles. The summed E-state index contributed by atoms with van der Waals surface area (Å²) in [6.45, 7) is 4.00. The lowest BCUT2D eigenvalue weighted by Crippen LogP contribution is -1.96. The van der Waals surface area contributed by atoms with E-state index in [1.165, 1.54) is 0 Å². The minimum atomic E-state index is 0.614. The fourth-order valence-electron chi connectivity index (χ4n) is 1.81. The molecule has 0 saturated carbocycles. The predicted octanol–water partition coefficient (Wildman–Crippen LogP) is 3.09. The van der Waals surface area contributed by atoms with Gasteiger partial charge in [-0.05, 0) is 18.2 Å². The molecule has 0 aliphatic rings. The molecule has 2 N–H and O–H groups in total. The maximum atomic E-state index is 4.43. The third-order valence-electron chi connectivity index (χ3n) is 2.62. The van der Waals surface area contributed by atoms with Crippen molar-refractivity contribution in [2.24, 2.45) is 0 Å². The van der Waals surface area contributed by atoms with E-state index in [0.29, 0.717) is 5.95 Å². The number of hydrogen-bond acceptors (Lipinski definition) is 4. The third-order valence-corrected chi connectivity index (χ3v) is 2.62. The molecule has 0 atom stereocenters. The van der Waals surface area contributed by atoms with Gasteiger partial charge < -0.3 is 10.3 Å². The number of aromatic nitrogens is 4. The Morgan fingerprint density at radius 1 is 1.05 bits per heavy atom. The van der Waals surface area contributed by atoms with Crippen molar-refractivity contribution in [2.75, 3.05) is 12.4 Å². The Morgan fingerprint density at radius 2 is 1.84 bits per heavy atom. The van der Waals surface area contributed by atoms with Gasteiger partial charge in [-0.2, -0.15) is 0 Å². The van der Waals surface area contributed by atoms with Gasteiger partial charge in [0.05, 0.1) is 5.69 Å². The molecular weight excluding hydrogens is 238 g/mol. The lowest BCUT2D eigenvalue weighted by atomic mass is 10.1. The first-order chi connectivity index (χ1) is 9.38. The fraction of sp³-hybridized carbons (Fsp3) is 0.214. The summed E-state index contributed by atoms with van der Waals surface area (Å²) in [6.07, 6.45) is 5.39. The van der Waals surface area contributed by atoms with E-state index >= 15 is 0 Å². The number of hydrogen-bond donors (Lipinski definition) is 2. The van der Waals surface area contributed by atoms with Crippen LogP contribution in [0.25, 0.3) is 22.3 Å². The second-order valence-corrected chi connectivity index (χ2v) is 3.61. The van der Waals surface area contributed by atoms with Gasteiger partial charge in [-0.3, -0.25) is 0 Å². The van der Waals surface area contributed by atoms with E-state index in [0.717, 1.165) is 22.3 Å². The van der Waals surface area contributed by atoms with Crippen molar-refractivity contribution in [1.82, 2.24) is 19.9 Å². The highest BCUT2D eigenvalue weighted by molar-refractivity contribution is 5.91. The Kier molecular flexibility index (Phi) is 4.07. The molecule has 0 fully saturated rings. The Hall–Kier alpha value is -2.43. The number of pyridine rings is 1. The van der Waals surface area contributed by atoms with Gasteiger partial charge in [0.25, 0.3) is 0 Å². The summed E-state index contributed by atoms with van der Waals surface area (Å²) in [5, 5.41) is 4.00. The maximum absolute atomic E-state index is 4.43. The molecule has 3 aromatic rings. The summed E-state index contributed by atoms with van der Waals surface area (Å²) >= 11 is 0. The topological polar surface area (TPSA) is 66.5 Å². The number of anilines is 1. The highest BCUT2D eigenvalue weighted by Crippen LogP contribution is 2.25. The summed E-state index contributed by atoms with van der Waals surface area (Å²) in [4.78, 5) is 15.9. The van der Waals surface area contributed by atoms with Crippen LogP contribution in [-0.4, -0.2) is 27.0 Å². The molecule has 0 aliphatic heterocycles. The highest BCUT2D eigenvalue weighted by Gasteiger charge is 2.07. The Bertz CT molecular complexity index is 660. The zero-order valence-corrected chi connectivity index (χ0v) is 11.3. The van der Waals surface area contributed by atoms with Crippen molar-refractivity contribution in [2.45, 2.75) is 13.8 Å². The minimum Gasteiger partial charge on any atom is -0.357 e. The molecule has 0 spiro atoms. The maximum Gasteiger partial charge on any atom is 0.222 e. The van der Waals surface area contributed by atoms with Crippen molar-refractivity contribution < 1.29 is 0 Å². The molecule has 3 aromatic heterocycles. The average molecular weight is 255 g/mol. The SMILES string of the molecule is CC.CNc1nccc(-c2ccnc3[nH]ccc23)n1. The number of aromatic amines is 1. The van der Waals surface area contributed by atoms with Crippen molar-refractivity contribution in [3.05, 3.63) is 36.8 Å². The Morgan fingerprint density at radius 3 is 2.63 bits per heavy atom. The molecule has 3 heterocycles. The largest absolute Gasteiger partial charge is 0.357 e. The van der Waals surface area contributed by atoms with Gasteiger partial charge in [0.15, 0.2) is 0 Å². The lowest BCUT2D eigenvalue weighted by molar-refractivity contribution is 1.15. The smallest absolute Gasteiger partial charge is 0.222 e. The first-order valence-electron chi connectivity index (χ1n) is 6.32. The van der Waals surface area contributed by atoms with Crippen LogP contribution in [0.5, 0.6) is 0 Å². The van der Waals surface area contributed by atoms with Crippen LogP contribution in [0, 0.1) is 0 Å². The third kappa shape index (κ3) is 2.54. The first kappa shape index (κ1) is 13.0. The Labute approximate surface area is 112 Å². The van der Waals surface area contributed by atoms with Crippen LogP contribution in [0.3, 0.4) is 0 Å². The highest BCUT2D eigenvalue weighted by atomic mass is 15.1. The first-order valence-corrected chi connectivity index (χ1v) is 6.32. The molecule has 0 bridgehead atoms. The molecule has 5 heteroatoms. The van der Waals surface area contributed by atoms with Crippen LogP contribution in [-0.2, 0) is 0 Å². The summed E-state index contributed by atoms with van der Waals surface area (Å²) in [5.74, 6) is 0.614. The van der Waals surface area contributed by atoms with Crippen molar-refractivity contribution in [3.8, 4) is 11.3 Å². The zero-order valence-electron chi connectivity index (χ0n) is 11.3. The number of nitrogens with one attached hydrogen (secondary N) is 2. The molecule has 0 aromatic carbocycles. The predicted molar refractivity (Wildman–Crippen MR) is 78.0 cm³/mol. The van der Waals surface area contributed by atoms with Gasteiger partial charge in [-0.15, -0.1) is 0 Å². The van der Waals surface area contributed by atoms with Crippen molar-refractivity contribution >= 4 is 17.0 Å². The van der Waals surface area contributed by atoms with E-state index in [4.69, 9.17) is 0 Å². The average Bonchev–Trinajstić information content (AvgIpc) is 2.97. The van der Waals surface area contributed by atoms with Crippen LogP contribution < -0.4 is 5.32 Å². The second kappa shape index (κ2) is 5.95. The van der Waals surface area contributed by atoms with E-state index in [1.54, 1.807) is 19.4 Å². The zero-order chi connectivity index (χ0) is 13.7. The molecule has 0 amide bonds. The normalized spacial score (nSPS) is 9.84. The van der Waals surface area contributed by atoms with Gasteiger partial charge in [0.1, 0.15) is 5.65 Å². The number of rotatable bonds is 2. The number of H-pyrrole nitrogens is 1. The van der Waals surface area contributed by atoms with Gasteiger partial charge in [0.2, 0.25) is 5.95 Å². The summed E-state index contributed by atoms with van der Waals surface area (Å²) < 4.78 is 0. The molecule has 98 valence electrons. The van der Waals surface area contributed by atoms with Crippen LogP contribution >= 0.6 is 0 Å². The summed E-state index contributed by atoms with van der Waals surface area (Å²) in [7, 11) is 1.80. The van der Waals surface area contributed by atoms with Crippen LogP contribution in [0.4, 0.5) is 5.95 Å². The van der Waals surface area contributed by atoms with E-state index < -0.39 is 0 Å². The van der Waals surface area contributed by atoms with Crippen LogP contribution in [0.15, 0.2) is 36.8 Å². The summed E-state index contributed by atoms with van der Waals surface area (Å²) in [5.41, 5.74) is 2.80. The molecule has 0 radical (unpaired) electrons. The van der Waals surface area contributed by atoms with Crippen LogP contribution in [0.2, 0.25) is 0 Å². The molecule has 19 heavy (non-hydrogen) atoms. The second-order valence-electron chi connectivity index (χ2n) is 3.61. The van der Waals surface area contributed by atoms with Crippen molar-refractivity contribution in [3.63, 3.8) is 0 Å². The van der Waals surface area contributed by atoms with Gasteiger partial charge in [0, 0.05) is 36.6 Å². The summed E-state index contributed by atoms with van der Waals surface area (Å²) in [6, 6.07) is 5.85. The number of fused-ring (bicyclic) bond motifs is 1. The molecular formula is C14H17N5. The monoisotopic (exact) mass is 255 g/mol. The van der Waals surface area contributed by atoms with Gasteiger partial charge in [-0.1, -0.05) is 13.8 Å². The molecule has 3 rings (SSSR count). The van der Waals surface area contributed by atoms with Gasteiger partial charge in [-0.25, -0.2) is 15.0 Å². The standard InChI is InChI=1S/C12H11N5.C2H6/c1-13-12-16-7-4-10(17-12)8-2-5-14-11-9(8)3-6-15-11;1-2/h2-7H,1H3,(H,14,15)(H,13,16,17);1-2H3. The van der Waals surface area contributed by atoms with Gasteiger partial charge >= 0.3 is 0 Å². The van der Waals surface area contributed by atoms with E-state index in [2.05, 4.69) is 25.3 Å². The lowest BCUT2D eigenvalue weighted by Gasteiger charge is -2.04. The molecule has 5 nitrogen and oxygen atoms in total. The van der Waals surface area contributed by atoms with Crippen LogP contribution in [0.1, 0.15) is 13.8 Å². The molecule has 0 saturated heterocycles. The fourth-order valence-corrected chi connectivity index (χ4v) is 1.81. The minimum absolute atomic E-state index is 0.614. The van der Waals surface area contributed by atoms with E-state index in [9.17, 15) is 0 Å². The number of nitrogens with zero attached hydrogens (tertiary/aromatic N) is 3.